The molecule has 1 amide bonds. The zero-order valence-electron chi connectivity index (χ0n) is 16.7. The maximum Gasteiger partial charge on any atom is 0.275 e. The Balaban J connectivity index is 1.58. The molecule has 0 spiro atoms. The summed E-state index contributed by atoms with van der Waals surface area (Å²) in [6, 6.07) is 22.3. The molecule has 0 radical (unpaired) electrons. The molecule has 0 unspecified atom stereocenters. The Labute approximate surface area is 181 Å². The van der Waals surface area contributed by atoms with Crippen molar-refractivity contribution in [3.63, 3.8) is 0 Å². The van der Waals surface area contributed by atoms with Gasteiger partial charge in [0.25, 0.3) is 17.2 Å². The fourth-order valence-electron chi connectivity index (χ4n) is 3.22. The summed E-state index contributed by atoms with van der Waals surface area (Å²) >= 11 is 0. The first-order valence-electron chi connectivity index (χ1n) is 9.64. The molecule has 0 saturated carbocycles. The molecular formula is C23H17N5O4. The van der Waals surface area contributed by atoms with E-state index in [1.165, 1.54) is 24.4 Å². The molecule has 0 aliphatic carbocycles. The van der Waals surface area contributed by atoms with Gasteiger partial charge in [-0.05, 0) is 6.07 Å². The van der Waals surface area contributed by atoms with Crippen molar-refractivity contribution < 1.29 is 9.72 Å². The molecule has 3 aromatic carbocycles. The summed E-state index contributed by atoms with van der Waals surface area (Å²) in [6.07, 6.45) is 1.29. The first-order chi connectivity index (χ1) is 15.5. The lowest BCUT2D eigenvalue weighted by Crippen LogP contribution is -2.32. The van der Waals surface area contributed by atoms with E-state index in [1.54, 1.807) is 18.2 Å². The smallest absolute Gasteiger partial charge is 0.271 e. The van der Waals surface area contributed by atoms with Crippen molar-refractivity contribution in [1.82, 2.24) is 15.2 Å². The van der Waals surface area contributed by atoms with E-state index in [9.17, 15) is 19.7 Å². The lowest BCUT2D eigenvalue weighted by atomic mass is 10.1. The summed E-state index contributed by atoms with van der Waals surface area (Å²) in [6.45, 7) is -0.338. The van der Waals surface area contributed by atoms with Crippen molar-refractivity contribution in [2.75, 3.05) is 0 Å². The van der Waals surface area contributed by atoms with E-state index < -0.39 is 16.4 Å². The minimum absolute atomic E-state index is 0.0827. The number of carbonyl (C=O) groups is 1. The Kier molecular flexibility index (Phi) is 5.80. The molecule has 158 valence electrons. The average molecular weight is 427 g/mol. The van der Waals surface area contributed by atoms with Crippen molar-refractivity contribution in [2.24, 2.45) is 5.10 Å². The van der Waals surface area contributed by atoms with Crippen LogP contribution in [-0.2, 0) is 11.3 Å². The van der Waals surface area contributed by atoms with Crippen LogP contribution in [0.25, 0.3) is 22.0 Å². The normalized spacial score (nSPS) is 11.0. The van der Waals surface area contributed by atoms with Crippen LogP contribution in [0.5, 0.6) is 0 Å². The molecule has 0 aliphatic heterocycles. The first kappa shape index (κ1) is 20.6. The van der Waals surface area contributed by atoms with Crippen molar-refractivity contribution in [1.29, 1.82) is 0 Å². The highest BCUT2D eigenvalue weighted by Gasteiger charge is 2.14. The molecule has 1 heterocycles. The van der Waals surface area contributed by atoms with Gasteiger partial charge in [-0.1, -0.05) is 60.7 Å². The highest BCUT2D eigenvalue weighted by Crippen LogP contribution is 2.24. The third kappa shape index (κ3) is 4.41. The minimum atomic E-state index is -0.560. The Morgan fingerprint density at radius 1 is 1.03 bits per heavy atom. The number of rotatable bonds is 6. The molecule has 0 fully saturated rings. The summed E-state index contributed by atoms with van der Waals surface area (Å²) in [4.78, 5) is 35.6. The van der Waals surface area contributed by atoms with Gasteiger partial charge in [-0.2, -0.15) is 10.2 Å². The molecular weight excluding hydrogens is 410 g/mol. The summed E-state index contributed by atoms with van der Waals surface area (Å²) < 4.78 is 1.10. The highest BCUT2D eigenvalue weighted by atomic mass is 16.6. The number of nitrogens with one attached hydrogen (secondary N) is 1. The van der Waals surface area contributed by atoms with Crippen LogP contribution in [0, 0.1) is 10.1 Å². The zero-order valence-corrected chi connectivity index (χ0v) is 16.7. The van der Waals surface area contributed by atoms with Crippen molar-refractivity contribution in [3.8, 4) is 11.3 Å². The molecule has 1 N–H and O–H groups in total. The van der Waals surface area contributed by atoms with Gasteiger partial charge in [-0.25, -0.2) is 10.1 Å². The molecule has 0 saturated heterocycles. The average Bonchev–Trinajstić information content (AvgIpc) is 2.82. The van der Waals surface area contributed by atoms with Crippen molar-refractivity contribution >= 4 is 28.6 Å². The SMILES string of the molecule is O=C(Cn1nc(-c2ccccc2)c2ccccc2c1=O)N/N=C/c1cccc([N+](=O)[O-])c1. The standard InChI is InChI=1S/C23H17N5O4/c29-21(25-24-14-16-7-6-10-18(13-16)28(31)32)15-27-23(30)20-12-5-4-11-19(20)22(26-27)17-8-2-1-3-9-17/h1-14H,15H2,(H,25,29)/b24-14+. The zero-order chi connectivity index (χ0) is 22.5. The van der Waals surface area contributed by atoms with Crippen LogP contribution in [0.1, 0.15) is 5.56 Å². The van der Waals surface area contributed by atoms with Gasteiger partial charge >= 0.3 is 0 Å². The first-order valence-corrected chi connectivity index (χ1v) is 9.64. The monoisotopic (exact) mass is 427 g/mol. The van der Waals surface area contributed by atoms with Crippen molar-refractivity contribution in [2.45, 2.75) is 6.54 Å². The molecule has 9 nitrogen and oxygen atoms in total. The van der Waals surface area contributed by atoms with Gasteiger partial charge in [0.1, 0.15) is 6.54 Å². The Hall–Kier alpha value is -4.66. The van der Waals surface area contributed by atoms with Gasteiger partial charge in [0.05, 0.1) is 22.2 Å². The van der Waals surface area contributed by atoms with E-state index in [4.69, 9.17) is 0 Å². The van der Waals surface area contributed by atoms with E-state index in [0.29, 0.717) is 22.0 Å². The molecule has 0 bridgehead atoms. The fraction of sp³-hybridized carbons (Fsp3) is 0.0435. The molecule has 4 rings (SSSR count). The van der Waals surface area contributed by atoms with Crippen LogP contribution in [0.4, 0.5) is 5.69 Å². The second kappa shape index (κ2) is 9.00. The summed E-state index contributed by atoms with van der Waals surface area (Å²) in [5.74, 6) is -0.560. The van der Waals surface area contributed by atoms with E-state index in [2.05, 4.69) is 15.6 Å². The van der Waals surface area contributed by atoms with Crippen LogP contribution in [0.2, 0.25) is 0 Å². The predicted molar refractivity (Wildman–Crippen MR) is 120 cm³/mol. The molecule has 0 atom stereocenters. The van der Waals surface area contributed by atoms with Gasteiger partial charge < -0.3 is 0 Å². The van der Waals surface area contributed by atoms with Crippen LogP contribution in [0.3, 0.4) is 0 Å². The summed E-state index contributed by atoms with van der Waals surface area (Å²) in [5.41, 5.74) is 3.71. The fourth-order valence-corrected chi connectivity index (χ4v) is 3.22. The lowest BCUT2D eigenvalue weighted by molar-refractivity contribution is -0.384. The van der Waals surface area contributed by atoms with Gasteiger partial charge in [-0.3, -0.25) is 19.7 Å². The molecule has 4 aromatic rings. The number of nitro groups is 1. The number of amides is 1. The van der Waals surface area contributed by atoms with E-state index >= 15 is 0 Å². The number of nitrogens with zero attached hydrogens (tertiary/aromatic N) is 4. The maximum absolute atomic E-state index is 12.9. The minimum Gasteiger partial charge on any atom is -0.271 e. The quantitative estimate of drug-likeness (QED) is 0.288. The van der Waals surface area contributed by atoms with Crippen LogP contribution < -0.4 is 11.0 Å². The molecule has 0 aliphatic rings. The van der Waals surface area contributed by atoms with Gasteiger partial charge in [0.15, 0.2) is 0 Å². The summed E-state index contributed by atoms with van der Waals surface area (Å²) in [5, 5.41) is 20.2. The van der Waals surface area contributed by atoms with Gasteiger partial charge in [0.2, 0.25) is 0 Å². The number of hydrogen-bond acceptors (Lipinski definition) is 6. The number of carbonyl (C=O) groups excluding carboxylic acids is 1. The number of benzene rings is 3. The third-order valence-corrected chi connectivity index (χ3v) is 4.69. The number of hydrazone groups is 1. The lowest BCUT2D eigenvalue weighted by Gasteiger charge is -2.10. The van der Waals surface area contributed by atoms with Crippen LogP contribution >= 0.6 is 0 Å². The third-order valence-electron chi connectivity index (χ3n) is 4.69. The topological polar surface area (TPSA) is 119 Å². The van der Waals surface area contributed by atoms with E-state index in [-0.39, 0.29) is 12.2 Å². The Morgan fingerprint density at radius 3 is 2.50 bits per heavy atom. The van der Waals surface area contributed by atoms with E-state index in [1.807, 2.05) is 42.5 Å². The molecule has 32 heavy (non-hydrogen) atoms. The highest BCUT2D eigenvalue weighted by molar-refractivity contribution is 5.94. The van der Waals surface area contributed by atoms with Crippen molar-refractivity contribution in [3.05, 3.63) is 105 Å². The number of fused-ring (bicyclic) bond motifs is 1. The second-order valence-electron chi connectivity index (χ2n) is 6.87. The predicted octanol–water partition coefficient (Wildman–Crippen LogP) is 3.12. The number of non-ortho nitro benzene ring substituents is 1. The van der Waals surface area contributed by atoms with Gasteiger partial charge in [-0.15, -0.1) is 0 Å². The maximum atomic E-state index is 12.9. The van der Waals surface area contributed by atoms with Gasteiger partial charge in [0, 0.05) is 28.6 Å². The van der Waals surface area contributed by atoms with Crippen LogP contribution in [-0.4, -0.2) is 26.8 Å². The Morgan fingerprint density at radius 2 is 1.75 bits per heavy atom. The number of aromatic nitrogens is 2. The van der Waals surface area contributed by atoms with E-state index in [0.717, 1.165) is 10.2 Å². The Bertz CT molecular complexity index is 1400. The summed E-state index contributed by atoms with van der Waals surface area (Å²) in [7, 11) is 0. The number of nitro benzene ring substituents is 1. The van der Waals surface area contributed by atoms with Crippen LogP contribution in [0.15, 0.2) is 88.8 Å². The second-order valence-corrected chi connectivity index (χ2v) is 6.87. The number of hydrogen-bond donors (Lipinski definition) is 1. The molecule has 1 aromatic heterocycles. The largest absolute Gasteiger partial charge is 0.275 e. The molecule has 9 heteroatoms.